The molecule has 1 N–H and O–H groups in total. The van der Waals surface area contributed by atoms with Crippen molar-refractivity contribution in [3.8, 4) is 5.75 Å². The Hall–Kier alpha value is -4.00. The van der Waals surface area contributed by atoms with E-state index in [1.807, 2.05) is 60.7 Å². The van der Waals surface area contributed by atoms with Gasteiger partial charge in [0.15, 0.2) is 5.75 Å². The molecule has 0 radical (unpaired) electrons. The van der Waals surface area contributed by atoms with Gasteiger partial charge >= 0.3 is 5.69 Å². The van der Waals surface area contributed by atoms with Crippen molar-refractivity contribution in [1.29, 1.82) is 0 Å². The number of hydrogen-bond donors (Lipinski definition) is 1. The van der Waals surface area contributed by atoms with Crippen LogP contribution in [0.15, 0.2) is 84.0 Å². The Bertz CT molecular complexity index is 981. The van der Waals surface area contributed by atoms with Gasteiger partial charge in [0.1, 0.15) is 0 Å². The van der Waals surface area contributed by atoms with Crippen molar-refractivity contribution in [2.45, 2.75) is 5.92 Å². The molecule has 0 unspecified atom stereocenters. The highest BCUT2D eigenvalue weighted by atomic mass is 16.6. The second-order valence-corrected chi connectivity index (χ2v) is 6.18. The molecule has 3 aromatic carbocycles. The summed E-state index contributed by atoms with van der Waals surface area (Å²) in [6.07, 6.45) is 1.36. The molecule has 0 aliphatic carbocycles. The van der Waals surface area contributed by atoms with Gasteiger partial charge in [0.2, 0.25) is 0 Å². The highest BCUT2D eigenvalue weighted by molar-refractivity contribution is 5.89. The van der Waals surface area contributed by atoms with Crippen LogP contribution in [-0.2, 0) is 4.79 Å². The van der Waals surface area contributed by atoms with Crippen molar-refractivity contribution in [3.05, 3.63) is 106 Å². The number of carbonyl (C=O) groups excluding carboxylic acids is 1. The highest BCUT2D eigenvalue weighted by Crippen LogP contribution is 2.27. The van der Waals surface area contributed by atoms with E-state index in [1.54, 1.807) is 6.07 Å². The number of hydrogen-bond acceptors (Lipinski definition) is 5. The predicted octanol–water partition coefficient (Wildman–Crippen LogP) is 3.89. The zero-order valence-electron chi connectivity index (χ0n) is 15.7. The molecular weight excluding hydrogens is 370 g/mol. The number of nitro groups is 1. The van der Waals surface area contributed by atoms with Gasteiger partial charge in [-0.25, -0.2) is 5.43 Å². The van der Waals surface area contributed by atoms with Gasteiger partial charge < -0.3 is 4.74 Å². The topological polar surface area (TPSA) is 93.8 Å². The first-order chi connectivity index (χ1) is 14.1. The molecule has 0 bridgehead atoms. The lowest BCUT2D eigenvalue weighted by atomic mass is 9.91. The molecular formula is C22H19N3O4. The van der Waals surface area contributed by atoms with Gasteiger partial charge in [-0.2, -0.15) is 5.10 Å². The normalized spacial score (nSPS) is 10.8. The third-order valence-electron chi connectivity index (χ3n) is 4.32. The SMILES string of the molecule is COc1ccc(/C=N\NC(=O)C(c2ccccc2)c2ccccc2)cc1[N+](=O)[O-]. The van der Waals surface area contributed by atoms with E-state index in [2.05, 4.69) is 10.5 Å². The first-order valence-corrected chi connectivity index (χ1v) is 8.85. The van der Waals surface area contributed by atoms with Gasteiger partial charge in [0.25, 0.3) is 5.91 Å². The third kappa shape index (κ3) is 4.84. The van der Waals surface area contributed by atoms with Gasteiger partial charge in [-0.3, -0.25) is 14.9 Å². The van der Waals surface area contributed by atoms with Crippen molar-refractivity contribution >= 4 is 17.8 Å². The zero-order valence-corrected chi connectivity index (χ0v) is 15.7. The summed E-state index contributed by atoms with van der Waals surface area (Å²) in [5.74, 6) is -0.675. The van der Waals surface area contributed by atoms with Gasteiger partial charge in [0, 0.05) is 11.6 Å². The maximum absolute atomic E-state index is 12.9. The molecule has 0 fully saturated rings. The Balaban J connectivity index is 1.80. The van der Waals surface area contributed by atoms with Crippen LogP contribution in [0.25, 0.3) is 0 Å². The third-order valence-corrected chi connectivity index (χ3v) is 4.32. The van der Waals surface area contributed by atoms with Crippen molar-refractivity contribution < 1.29 is 14.5 Å². The van der Waals surface area contributed by atoms with Gasteiger partial charge in [-0.05, 0) is 23.3 Å². The van der Waals surface area contributed by atoms with E-state index in [-0.39, 0.29) is 17.3 Å². The van der Waals surface area contributed by atoms with Crippen LogP contribution in [0.4, 0.5) is 5.69 Å². The summed E-state index contributed by atoms with van der Waals surface area (Å²) in [5, 5.41) is 15.1. The molecule has 1 amide bonds. The molecule has 0 atom stereocenters. The number of carbonyl (C=O) groups is 1. The lowest BCUT2D eigenvalue weighted by Crippen LogP contribution is -2.26. The number of benzene rings is 3. The van der Waals surface area contributed by atoms with Crippen LogP contribution in [0, 0.1) is 10.1 Å². The second kappa shape index (κ2) is 9.27. The minimum atomic E-state index is -0.532. The maximum atomic E-state index is 12.9. The Morgan fingerprint density at radius 3 is 2.14 bits per heavy atom. The standard InChI is InChI=1S/C22H19N3O4/c1-29-20-13-12-16(14-19(20)25(27)28)15-23-24-22(26)21(17-8-4-2-5-9-17)18-10-6-3-7-11-18/h2-15,21H,1H3,(H,24,26)/b23-15-. The molecule has 0 saturated heterocycles. The lowest BCUT2D eigenvalue weighted by Gasteiger charge is -2.16. The maximum Gasteiger partial charge on any atom is 0.311 e. The Labute approximate surface area is 167 Å². The Morgan fingerprint density at radius 2 is 1.62 bits per heavy atom. The molecule has 0 aliphatic heterocycles. The van der Waals surface area contributed by atoms with E-state index in [0.29, 0.717) is 5.56 Å². The molecule has 7 heteroatoms. The molecule has 7 nitrogen and oxygen atoms in total. The van der Waals surface area contributed by atoms with Crippen molar-refractivity contribution in [2.75, 3.05) is 7.11 Å². The van der Waals surface area contributed by atoms with Crippen LogP contribution in [0.2, 0.25) is 0 Å². The van der Waals surface area contributed by atoms with Gasteiger partial charge in [-0.15, -0.1) is 0 Å². The minimum absolute atomic E-state index is 0.157. The van der Waals surface area contributed by atoms with E-state index < -0.39 is 10.8 Å². The predicted molar refractivity (Wildman–Crippen MR) is 110 cm³/mol. The monoisotopic (exact) mass is 389 g/mol. The van der Waals surface area contributed by atoms with Crippen LogP contribution in [0.1, 0.15) is 22.6 Å². The molecule has 3 aromatic rings. The molecule has 0 aromatic heterocycles. The molecule has 29 heavy (non-hydrogen) atoms. The number of ether oxygens (including phenoxy) is 1. The average molecular weight is 389 g/mol. The second-order valence-electron chi connectivity index (χ2n) is 6.18. The number of nitrogens with one attached hydrogen (secondary N) is 1. The van der Waals surface area contributed by atoms with E-state index in [0.717, 1.165) is 11.1 Å². The number of hydrazone groups is 1. The van der Waals surface area contributed by atoms with Crippen molar-refractivity contribution in [2.24, 2.45) is 5.10 Å². The smallest absolute Gasteiger partial charge is 0.311 e. The molecule has 0 saturated carbocycles. The van der Waals surface area contributed by atoms with E-state index in [1.165, 1.54) is 25.5 Å². The number of rotatable bonds is 7. The largest absolute Gasteiger partial charge is 0.490 e. The molecule has 0 aliphatic rings. The van der Waals surface area contributed by atoms with E-state index in [4.69, 9.17) is 4.74 Å². The summed E-state index contributed by atoms with van der Waals surface area (Å²) in [6.45, 7) is 0. The number of methoxy groups -OCH3 is 1. The van der Waals surface area contributed by atoms with Crippen molar-refractivity contribution in [1.82, 2.24) is 5.43 Å². The van der Waals surface area contributed by atoms with Crippen LogP contribution < -0.4 is 10.2 Å². The van der Waals surface area contributed by atoms with Gasteiger partial charge in [0.05, 0.1) is 24.2 Å². The highest BCUT2D eigenvalue weighted by Gasteiger charge is 2.22. The summed E-state index contributed by atoms with van der Waals surface area (Å²) in [7, 11) is 1.36. The Morgan fingerprint density at radius 1 is 1.03 bits per heavy atom. The number of nitrogens with zero attached hydrogens (tertiary/aromatic N) is 2. The number of amides is 1. The first-order valence-electron chi connectivity index (χ1n) is 8.85. The minimum Gasteiger partial charge on any atom is -0.490 e. The molecule has 3 rings (SSSR count). The lowest BCUT2D eigenvalue weighted by molar-refractivity contribution is -0.385. The van der Waals surface area contributed by atoms with Crippen LogP contribution in [-0.4, -0.2) is 24.2 Å². The quantitative estimate of drug-likeness (QED) is 0.377. The zero-order chi connectivity index (χ0) is 20.6. The summed E-state index contributed by atoms with van der Waals surface area (Å²) in [4.78, 5) is 23.5. The van der Waals surface area contributed by atoms with Crippen LogP contribution >= 0.6 is 0 Å². The number of nitro benzene ring substituents is 1. The van der Waals surface area contributed by atoms with Crippen LogP contribution in [0.3, 0.4) is 0 Å². The first kappa shape index (κ1) is 19.8. The molecule has 146 valence electrons. The van der Waals surface area contributed by atoms with Crippen molar-refractivity contribution in [3.63, 3.8) is 0 Å². The summed E-state index contributed by atoms with van der Waals surface area (Å²) in [6, 6.07) is 23.2. The average Bonchev–Trinajstić information content (AvgIpc) is 2.75. The summed E-state index contributed by atoms with van der Waals surface area (Å²) >= 11 is 0. The van der Waals surface area contributed by atoms with E-state index >= 15 is 0 Å². The van der Waals surface area contributed by atoms with E-state index in [9.17, 15) is 14.9 Å². The Kier molecular flexibility index (Phi) is 6.32. The fraction of sp³-hybridized carbons (Fsp3) is 0.0909. The molecule has 0 spiro atoms. The van der Waals surface area contributed by atoms with Gasteiger partial charge in [-0.1, -0.05) is 60.7 Å². The molecule has 0 heterocycles. The fourth-order valence-electron chi connectivity index (χ4n) is 2.95. The summed E-state index contributed by atoms with van der Waals surface area (Å²) < 4.78 is 4.98. The summed E-state index contributed by atoms with van der Waals surface area (Å²) in [5.41, 5.74) is 4.51. The fourth-order valence-corrected chi connectivity index (χ4v) is 2.95. The van der Waals surface area contributed by atoms with Crippen LogP contribution in [0.5, 0.6) is 5.75 Å².